The lowest BCUT2D eigenvalue weighted by Crippen LogP contribution is -1.94. The molecule has 0 unspecified atom stereocenters. The average Bonchev–Trinajstić information content (AvgIpc) is 3.45. The summed E-state index contributed by atoms with van der Waals surface area (Å²) in [5.41, 5.74) is 5.46. The standard InChI is InChI=1S/C32H19NO/c1-2-10-20(11-3-1)33-26-18-19-28-29(25-16-8-9-17-27(25)34-28)31(26)30-23-14-6-4-12-21(23)22-13-5-7-15-24(22)32(30)33/h1-19H. The van der Waals surface area contributed by atoms with Crippen molar-refractivity contribution in [1.82, 2.24) is 4.57 Å². The Balaban J connectivity index is 1.79. The number of hydrogen-bond acceptors (Lipinski definition) is 1. The highest BCUT2D eigenvalue weighted by atomic mass is 16.3. The van der Waals surface area contributed by atoms with Crippen LogP contribution in [-0.4, -0.2) is 4.57 Å². The van der Waals surface area contributed by atoms with Gasteiger partial charge in [-0.25, -0.2) is 0 Å². The molecule has 2 heterocycles. The summed E-state index contributed by atoms with van der Waals surface area (Å²) in [5.74, 6) is 0. The molecule has 0 radical (unpaired) electrons. The molecule has 0 bridgehead atoms. The summed E-state index contributed by atoms with van der Waals surface area (Å²) >= 11 is 0. The third-order valence-corrected chi connectivity index (χ3v) is 7.16. The lowest BCUT2D eigenvalue weighted by atomic mass is 9.95. The van der Waals surface area contributed by atoms with Crippen LogP contribution in [0, 0.1) is 0 Å². The highest BCUT2D eigenvalue weighted by Gasteiger charge is 2.22. The molecular weight excluding hydrogens is 414 g/mol. The fourth-order valence-electron chi connectivity index (χ4n) is 5.82. The van der Waals surface area contributed by atoms with Crippen LogP contribution in [0.15, 0.2) is 120 Å². The zero-order chi connectivity index (χ0) is 22.2. The van der Waals surface area contributed by atoms with Gasteiger partial charge in [-0.1, -0.05) is 84.9 Å². The van der Waals surface area contributed by atoms with Crippen molar-refractivity contribution in [3.8, 4) is 5.69 Å². The van der Waals surface area contributed by atoms with E-state index in [-0.39, 0.29) is 0 Å². The van der Waals surface area contributed by atoms with Crippen molar-refractivity contribution in [3.05, 3.63) is 115 Å². The average molecular weight is 434 g/mol. The summed E-state index contributed by atoms with van der Waals surface area (Å²) in [6, 6.07) is 41.0. The number of rotatable bonds is 1. The van der Waals surface area contributed by atoms with Gasteiger partial charge in [0.25, 0.3) is 0 Å². The summed E-state index contributed by atoms with van der Waals surface area (Å²) in [6.07, 6.45) is 0. The fourth-order valence-corrected chi connectivity index (χ4v) is 5.82. The number of nitrogens with zero attached hydrogens (tertiary/aromatic N) is 1. The lowest BCUT2D eigenvalue weighted by molar-refractivity contribution is 0.669. The Bertz CT molecular complexity index is 2060. The van der Waals surface area contributed by atoms with Crippen molar-refractivity contribution >= 4 is 65.3 Å². The third kappa shape index (κ3) is 2.20. The van der Waals surface area contributed by atoms with E-state index in [9.17, 15) is 0 Å². The molecule has 0 amide bonds. The summed E-state index contributed by atoms with van der Waals surface area (Å²) in [6.45, 7) is 0. The molecular formula is C32H19NO. The molecule has 0 atom stereocenters. The predicted molar refractivity (Wildman–Crippen MR) is 143 cm³/mol. The summed E-state index contributed by atoms with van der Waals surface area (Å²) in [4.78, 5) is 0. The second-order valence-electron chi connectivity index (χ2n) is 8.92. The van der Waals surface area contributed by atoms with Crippen LogP contribution in [0.2, 0.25) is 0 Å². The molecule has 0 spiro atoms. The van der Waals surface area contributed by atoms with Gasteiger partial charge in [0.05, 0.1) is 11.0 Å². The van der Waals surface area contributed by atoms with Crippen molar-refractivity contribution in [1.29, 1.82) is 0 Å². The van der Waals surface area contributed by atoms with E-state index in [1.165, 1.54) is 48.7 Å². The van der Waals surface area contributed by atoms with Gasteiger partial charge in [0.15, 0.2) is 0 Å². The Hall–Kier alpha value is -4.56. The first-order valence-electron chi connectivity index (χ1n) is 11.6. The van der Waals surface area contributed by atoms with E-state index in [1.54, 1.807) is 0 Å². The van der Waals surface area contributed by atoms with Gasteiger partial charge in [-0.05, 0) is 46.5 Å². The predicted octanol–water partition coefficient (Wildman–Crippen LogP) is 8.99. The third-order valence-electron chi connectivity index (χ3n) is 7.16. The maximum atomic E-state index is 6.31. The number of aromatic nitrogens is 1. The summed E-state index contributed by atoms with van der Waals surface area (Å²) < 4.78 is 8.75. The van der Waals surface area contributed by atoms with Gasteiger partial charge in [0.2, 0.25) is 0 Å². The molecule has 6 aromatic carbocycles. The molecule has 8 rings (SSSR count). The minimum atomic E-state index is 0.927. The van der Waals surface area contributed by atoms with Crippen LogP contribution in [0.25, 0.3) is 71.0 Å². The Labute approximate surface area is 195 Å². The maximum absolute atomic E-state index is 6.31. The van der Waals surface area contributed by atoms with Crippen LogP contribution < -0.4 is 0 Å². The van der Waals surface area contributed by atoms with Crippen molar-refractivity contribution in [2.24, 2.45) is 0 Å². The van der Waals surface area contributed by atoms with Crippen molar-refractivity contribution in [3.63, 3.8) is 0 Å². The van der Waals surface area contributed by atoms with E-state index in [1.807, 2.05) is 6.07 Å². The molecule has 0 aliphatic heterocycles. The van der Waals surface area contributed by atoms with E-state index in [0.29, 0.717) is 0 Å². The minimum Gasteiger partial charge on any atom is -0.456 e. The largest absolute Gasteiger partial charge is 0.456 e. The van der Waals surface area contributed by atoms with E-state index in [0.717, 1.165) is 22.2 Å². The molecule has 2 aromatic heterocycles. The topological polar surface area (TPSA) is 18.1 Å². The normalized spacial score (nSPS) is 12.1. The van der Waals surface area contributed by atoms with Crippen molar-refractivity contribution in [2.45, 2.75) is 0 Å². The van der Waals surface area contributed by atoms with E-state index in [2.05, 4.69) is 114 Å². The van der Waals surface area contributed by atoms with Crippen molar-refractivity contribution < 1.29 is 4.42 Å². The molecule has 0 N–H and O–H groups in total. The van der Waals surface area contributed by atoms with Gasteiger partial charge in [-0.2, -0.15) is 0 Å². The summed E-state index contributed by atoms with van der Waals surface area (Å²) in [5, 5.41) is 9.97. The molecule has 158 valence electrons. The van der Waals surface area contributed by atoms with Gasteiger partial charge in [0, 0.05) is 32.6 Å². The van der Waals surface area contributed by atoms with Crippen LogP contribution in [-0.2, 0) is 0 Å². The zero-order valence-corrected chi connectivity index (χ0v) is 18.3. The SMILES string of the molecule is c1ccc(-n2c3ccc4oc5ccccc5c4c3c3c4ccccc4c4ccccc4c32)cc1. The number of para-hydroxylation sites is 2. The maximum Gasteiger partial charge on any atom is 0.136 e. The zero-order valence-electron chi connectivity index (χ0n) is 18.3. The number of benzene rings is 6. The Kier molecular flexibility index (Phi) is 3.42. The fraction of sp³-hybridized carbons (Fsp3) is 0. The number of furan rings is 1. The van der Waals surface area contributed by atoms with Crippen LogP contribution >= 0.6 is 0 Å². The van der Waals surface area contributed by atoms with Crippen LogP contribution in [0.3, 0.4) is 0 Å². The van der Waals surface area contributed by atoms with Gasteiger partial charge in [0.1, 0.15) is 11.2 Å². The van der Waals surface area contributed by atoms with E-state index >= 15 is 0 Å². The molecule has 8 aromatic rings. The van der Waals surface area contributed by atoms with E-state index in [4.69, 9.17) is 4.42 Å². The molecule has 0 saturated carbocycles. The minimum absolute atomic E-state index is 0.927. The van der Waals surface area contributed by atoms with E-state index < -0.39 is 0 Å². The number of hydrogen-bond donors (Lipinski definition) is 0. The first-order chi connectivity index (χ1) is 16.9. The Morgan fingerprint density at radius 1 is 0.412 bits per heavy atom. The first kappa shape index (κ1) is 17.9. The van der Waals surface area contributed by atoms with Crippen LogP contribution in [0.5, 0.6) is 0 Å². The summed E-state index contributed by atoms with van der Waals surface area (Å²) in [7, 11) is 0. The second kappa shape index (κ2) is 6.49. The number of fused-ring (bicyclic) bond motifs is 12. The van der Waals surface area contributed by atoms with Gasteiger partial charge >= 0.3 is 0 Å². The van der Waals surface area contributed by atoms with Crippen LogP contribution in [0.1, 0.15) is 0 Å². The van der Waals surface area contributed by atoms with Gasteiger partial charge in [-0.3, -0.25) is 0 Å². The second-order valence-corrected chi connectivity index (χ2v) is 8.92. The molecule has 0 saturated heterocycles. The van der Waals surface area contributed by atoms with Gasteiger partial charge in [-0.15, -0.1) is 0 Å². The Morgan fingerprint density at radius 3 is 1.82 bits per heavy atom. The smallest absolute Gasteiger partial charge is 0.136 e. The highest BCUT2D eigenvalue weighted by Crippen LogP contribution is 2.46. The molecule has 2 heteroatoms. The quantitative estimate of drug-likeness (QED) is 0.236. The van der Waals surface area contributed by atoms with Gasteiger partial charge < -0.3 is 8.98 Å². The molecule has 0 fully saturated rings. The first-order valence-corrected chi connectivity index (χ1v) is 11.6. The Morgan fingerprint density at radius 2 is 1.03 bits per heavy atom. The monoisotopic (exact) mass is 433 g/mol. The molecule has 34 heavy (non-hydrogen) atoms. The molecule has 2 nitrogen and oxygen atoms in total. The molecule has 0 aliphatic rings. The van der Waals surface area contributed by atoms with Crippen LogP contribution in [0.4, 0.5) is 0 Å². The molecule has 0 aliphatic carbocycles. The highest BCUT2D eigenvalue weighted by molar-refractivity contribution is 6.37. The van der Waals surface area contributed by atoms with Crippen molar-refractivity contribution in [2.75, 3.05) is 0 Å². The lowest BCUT2D eigenvalue weighted by Gasteiger charge is -2.11.